The molecule has 1 saturated carbocycles. The first kappa shape index (κ1) is 32.6. The molecule has 0 spiro atoms. The number of ether oxygens (including phenoxy) is 2. The Bertz CT molecular complexity index is 1570. The molecule has 236 valence electrons. The van der Waals surface area contributed by atoms with Gasteiger partial charge in [0.15, 0.2) is 11.6 Å². The number of aliphatic hydroxyl groups excluding tert-OH is 2. The molecule has 5 rings (SSSR count). The zero-order valence-electron chi connectivity index (χ0n) is 24.6. The maximum atomic E-state index is 14.6. The fraction of sp³-hybridized carbons (Fsp3) is 0.394. The van der Waals surface area contributed by atoms with Gasteiger partial charge < -0.3 is 25.0 Å². The van der Waals surface area contributed by atoms with Crippen molar-refractivity contribution in [3.05, 3.63) is 109 Å². The minimum absolute atomic E-state index is 0.0367. The van der Waals surface area contributed by atoms with E-state index in [1.807, 2.05) is 24.3 Å². The van der Waals surface area contributed by atoms with Crippen LogP contribution in [0.25, 0.3) is 10.4 Å². The van der Waals surface area contributed by atoms with Crippen LogP contribution in [0.3, 0.4) is 0 Å². The molecule has 1 aliphatic carbocycles. The largest absolute Gasteiger partial charge is 0.494 e. The van der Waals surface area contributed by atoms with Crippen molar-refractivity contribution in [1.82, 2.24) is 5.32 Å². The summed E-state index contributed by atoms with van der Waals surface area (Å²) >= 11 is 13.0. The Morgan fingerprint density at radius 3 is 2.51 bits per heavy atom. The second-order valence-electron chi connectivity index (χ2n) is 11.3. The van der Waals surface area contributed by atoms with E-state index in [4.69, 9.17) is 48.3 Å². The van der Waals surface area contributed by atoms with Crippen molar-refractivity contribution in [1.29, 1.82) is 0 Å². The van der Waals surface area contributed by atoms with Crippen LogP contribution in [0.4, 0.5) is 0 Å². The predicted octanol–water partition coefficient (Wildman–Crippen LogP) is 6.48. The number of amides is 1. The first-order valence-electron chi connectivity index (χ1n) is 14.9. The molecule has 0 aromatic heterocycles. The van der Waals surface area contributed by atoms with Gasteiger partial charge in [0, 0.05) is 51.6 Å². The van der Waals surface area contributed by atoms with Crippen molar-refractivity contribution >= 4 is 35.0 Å². The van der Waals surface area contributed by atoms with E-state index in [-0.39, 0.29) is 43.5 Å². The molecule has 0 saturated heterocycles. The van der Waals surface area contributed by atoms with Gasteiger partial charge in [-0.05, 0) is 78.7 Å². The van der Waals surface area contributed by atoms with Crippen molar-refractivity contribution in [2.75, 3.05) is 13.2 Å². The van der Waals surface area contributed by atoms with E-state index in [2.05, 4.69) is 15.3 Å². The maximum Gasteiger partial charge on any atom is 0.252 e. The fourth-order valence-corrected chi connectivity index (χ4v) is 6.29. The highest BCUT2D eigenvalue weighted by molar-refractivity contribution is 6.35. The summed E-state index contributed by atoms with van der Waals surface area (Å²) in [6, 6.07) is 19.5. The van der Waals surface area contributed by atoms with Gasteiger partial charge in [-0.15, -0.1) is 0 Å². The fourth-order valence-electron chi connectivity index (χ4n) is 5.79. The van der Waals surface area contributed by atoms with Crippen molar-refractivity contribution in [2.45, 2.75) is 68.9 Å². The van der Waals surface area contributed by atoms with Crippen LogP contribution in [0, 0.1) is 0 Å². The highest BCUT2D eigenvalue weighted by Crippen LogP contribution is 2.45. The molecule has 1 amide bonds. The van der Waals surface area contributed by atoms with Crippen LogP contribution in [-0.2, 0) is 22.5 Å². The lowest BCUT2D eigenvalue weighted by Gasteiger charge is -2.34. The smallest absolute Gasteiger partial charge is 0.252 e. The van der Waals surface area contributed by atoms with Gasteiger partial charge >= 0.3 is 0 Å². The minimum atomic E-state index is -1.51. The van der Waals surface area contributed by atoms with Crippen LogP contribution in [0.2, 0.25) is 10.0 Å². The third-order valence-electron chi connectivity index (χ3n) is 8.19. The van der Waals surface area contributed by atoms with Gasteiger partial charge in [0.05, 0.1) is 19.3 Å². The number of aliphatic imine (C=N–C) groups is 1. The molecule has 3 aromatic rings. The maximum absolute atomic E-state index is 14.6. The molecule has 0 unspecified atom stereocenters. The zero-order chi connectivity index (χ0) is 31.8. The van der Waals surface area contributed by atoms with Crippen LogP contribution in [0.5, 0.6) is 5.75 Å². The summed E-state index contributed by atoms with van der Waals surface area (Å²) in [5, 5.41) is 26.9. The Balaban J connectivity index is 1.61. The molecule has 2 aliphatic rings. The molecule has 3 N–H and O–H groups in total. The number of hydrogen-bond donors (Lipinski definition) is 3. The summed E-state index contributed by atoms with van der Waals surface area (Å²) in [6.07, 6.45) is 1.79. The summed E-state index contributed by atoms with van der Waals surface area (Å²) in [7, 11) is 0. The Kier molecular flexibility index (Phi) is 10.9. The summed E-state index contributed by atoms with van der Waals surface area (Å²) < 4.78 is 12.3. The molecule has 10 nitrogen and oxygen atoms in total. The van der Waals surface area contributed by atoms with Crippen molar-refractivity contribution in [3.63, 3.8) is 0 Å². The Morgan fingerprint density at radius 1 is 1.09 bits per heavy atom. The topological polar surface area (TPSA) is 149 Å². The summed E-state index contributed by atoms with van der Waals surface area (Å²) in [4.78, 5) is 22.6. The lowest BCUT2D eigenvalue weighted by atomic mass is 9.80. The van der Waals surface area contributed by atoms with E-state index < -0.39 is 11.6 Å². The number of carbonyl (C=O) groups excluding carboxylic acids is 1. The van der Waals surface area contributed by atoms with Gasteiger partial charge in [-0.1, -0.05) is 58.6 Å². The number of aliphatic hydroxyl groups is 2. The molecule has 1 fully saturated rings. The molecule has 12 heteroatoms. The van der Waals surface area contributed by atoms with Gasteiger partial charge in [-0.2, -0.15) is 0 Å². The van der Waals surface area contributed by atoms with Crippen molar-refractivity contribution in [3.8, 4) is 5.75 Å². The Labute approximate surface area is 271 Å². The molecule has 45 heavy (non-hydrogen) atoms. The summed E-state index contributed by atoms with van der Waals surface area (Å²) in [5.41, 5.74) is 10.2. The van der Waals surface area contributed by atoms with Gasteiger partial charge in [-0.3, -0.25) is 4.79 Å². The van der Waals surface area contributed by atoms with Gasteiger partial charge in [-0.25, -0.2) is 4.99 Å². The first-order chi connectivity index (χ1) is 21.8. The standard InChI is InChI=1S/C33H35Cl2N5O5/c34-24-8-15-28(29(35)18-24)30-33(32(43)38-25-9-11-26(42)12-10-25,19-22-4-1-2-5-23(22)20-37-40-36)39-31(45-30)21-6-13-27(14-7-21)44-17-3-16-41/h1-2,4-8,13-15,18,25-26,30,41-42H,3,9-12,16-17,19-20H2,(H,38,43)/t25?,26?,30-,33-/m1/s1. The highest BCUT2D eigenvalue weighted by atomic mass is 35.5. The molecule has 0 bridgehead atoms. The van der Waals surface area contributed by atoms with Crippen LogP contribution in [0.15, 0.2) is 76.8 Å². The van der Waals surface area contributed by atoms with E-state index in [1.54, 1.807) is 42.5 Å². The average molecular weight is 653 g/mol. The number of carbonyl (C=O) groups is 1. The minimum Gasteiger partial charge on any atom is -0.494 e. The number of hydrogen-bond acceptors (Lipinski definition) is 7. The Morgan fingerprint density at radius 2 is 1.82 bits per heavy atom. The summed E-state index contributed by atoms with van der Waals surface area (Å²) in [5.74, 6) is 0.547. The monoisotopic (exact) mass is 651 g/mol. The lowest BCUT2D eigenvalue weighted by molar-refractivity contribution is -0.130. The van der Waals surface area contributed by atoms with Crippen LogP contribution < -0.4 is 10.1 Å². The SMILES string of the molecule is [N-]=[N+]=NCc1ccccc1C[C@@]1(C(=O)NC2CCC(O)CC2)N=C(c2ccc(OCCCO)cc2)O[C@@H]1c1ccc(Cl)cc1Cl. The van der Waals surface area contributed by atoms with Gasteiger partial charge in [0.2, 0.25) is 5.90 Å². The van der Waals surface area contributed by atoms with Crippen molar-refractivity contribution in [2.24, 2.45) is 10.1 Å². The quantitative estimate of drug-likeness (QED) is 0.0886. The van der Waals surface area contributed by atoms with Crippen molar-refractivity contribution < 1.29 is 24.5 Å². The van der Waals surface area contributed by atoms with Gasteiger partial charge in [0.25, 0.3) is 5.91 Å². The zero-order valence-corrected chi connectivity index (χ0v) is 26.1. The first-order valence-corrected chi connectivity index (χ1v) is 15.7. The molecule has 1 heterocycles. The number of halogens is 2. The molecule has 3 aromatic carbocycles. The van der Waals surface area contributed by atoms with Crippen LogP contribution in [-0.4, -0.2) is 52.9 Å². The van der Waals surface area contributed by atoms with Crippen LogP contribution in [0.1, 0.15) is 60.5 Å². The molecular weight excluding hydrogens is 617 g/mol. The third kappa shape index (κ3) is 7.72. The van der Waals surface area contributed by atoms with E-state index in [0.717, 1.165) is 11.1 Å². The molecule has 2 atom stereocenters. The second-order valence-corrected chi connectivity index (χ2v) is 12.1. The molecule has 0 radical (unpaired) electrons. The number of rotatable bonds is 12. The Hall–Kier alpha value is -3.79. The summed E-state index contributed by atoms with van der Waals surface area (Å²) in [6.45, 7) is 0.516. The second kappa shape index (κ2) is 15.0. The van der Waals surface area contributed by atoms with Gasteiger partial charge in [0.1, 0.15) is 5.75 Å². The number of benzene rings is 3. The average Bonchev–Trinajstić information content (AvgIpc) is 3.42. The predicted molar refractivity (Wildman–Crippen MR) is 173 cm³/mol. The third-order valence-corrected chi connectivity index (χ3v) is 8.75. The van der Waals surface area contributed by atoms with E-state index in [0.29, 0.717) is 65.6 Å². The number of azide groups is 1. The van der Waals surface area contributed by atoms with E-state index in [9.17, 15) is 9.90 Å². The molecule has 1 aliphatic heterocycles. The lowest BCUT2D eigenvalue weighted by Crippen LogP contribution is -2.53. The normalized spacial score (nSPS) is 22.6. The van der Waals surface area contributed by atoms with E-state index in [1.165, 1.54) is 0 Å². The number of nitrogens with zero attached hydrogens (tertiary/aromatic N) is 4. The van der Waals surface area contributed by atoms with Crippen LogP contribution >= 0.6 is 23.2 Å². The molecular formula is C33H35Cl2N5O5. The highest BCUT2D eigenvalue weighted by Gasteiger charge is 2.54. The number of nitrogens with one attached hydrogen (secondary N) is 1. The van der Waals surface area contributed by atoms with E-state index >= 15 is 0 Å².